The fourth-order valence-corrected chi connectivity index (χ4v) is 3.52. The summed E-state index contributed by atoms with van der Waals surface area (Å²) in [5.74, 6) is -0.00592. The number of thiazole rings is 1. The largest absolute Gasteiger partial charge is 0.426 e. The molecule has 4 rings (SSSR count). The van der Waals surface area contributed by atoms with Crippen molar-refractivity contribution in [3.63, 3.8) is 0 Å². The van der Waals surface area contributed by atoms with Crippen molar-refractivity contribution in [1.29, 1.82) is 0 Å². The maximum atomic E-state index is 12.5. The van der Waals surface area contributed by atoms with E-state index in [2.05, 4.69) is 4.98 Å². The second-order valence-corrected chi connectivity index (χ2v) is 8.30. The summed E-state index contributed by atoms with van der Waals surface area (Å²) in [6.07, 6.45) is 0. The molecule has 2 heterocycles. The molecule has 0 N–H and O–H groups in total. The molecule has 0 radical (unpaired) electrons. The SMILES string of the molecule is CC(C)(C)C(=O)Oc1ccc2cc(-c3nc4ccccc4s3)c(=O)oc2c1. The Labute approximate surface area is 159 Å². The first-order valence-electron chi connectivity index (χ1n) is 8.47. The Morgan fingerprint density at radius 2 is 1.89 bits per heavy atom. The Morgan fingerprint density at radius 3 is 2.63 bits per heavy atom. The van der Waals surface area contributed by atoms with Crippen LogP contribution in [0.5, 0.6) is 5.75 Å². The average molecular weight is 379 g/mol. The monoisotopic (exact) mass is 379 g/mol. The summed E-state index contributed by atoms with van der Waals surface area (Å²) < 4.78 is 11.9. The van der Waals surface area contributed by atoms with E-state index in [4.69, 9.17) is 9.15 Å². The zero-order valence-electron chi connectivity index (χ0n) is 15.1. The minimum Gasteiger partial charge on any atom is -0.426 e. The van der Waals surface area contributed by atoms with E-state index < -0.39 is 11.0 Å². The van der Waals surface area contributed by atoms with Crippen molar-refractivity contribution in [3.8, 4) is 16.3 Å². The molecule has 0 aliphatic rings. The van der Waals surface area contributed by atoms with E-state index in [1.54, 1.807) is 45.0 Å². The van der Waals surface area contributed by atoms with E-state index in [0.29, 0.717) is 21.9 Å². The Balaban J connectivity index is 1.75. The van der Waals surface area contributed by atoms with Crippen molar-refractivity contribution >= 4 is 38.5 Å². The molecule has 0 spiro atoms. The molecule has 4 aromatic rings. The standard InChI is InChI=1S/C21H17NO4S/c1-21(2,3)20(24)25-13-9-8-12-10-14(19(23)26-16(12)11-13)18-22-15-6-4-5-7-17(15)27-18/h4-11H,1-3H3. The maximum absolute atomic E-state index is 12.5. The molecule has 0 fully saturated rings. The van der Waals surface area contributed by atoms with Crippen LogP contribution < -0.4 is 10.4 Å². The van der Waals surface area contributed by atoms with Crippen LogP contribution in [0.3, 0.4) is 0 Å². The normalized spacial score (nSPS) is 11.8. The summed E-state index contributed by atoms with van der Waals surface area (Å²) in [5, 5.41) is 1.36. The Morgan fingerprint density at radius 1 is 1.11 bits per heavy atom. The Kier molecular flexibility index (Phi) is 4.08. The summed E-state index contributed by atoms with van der Waals surface area (Å²) in [5.41, 5.74) is 0.543. The summed E-state index contributed by atoms with van der Waals surface area (Å²) >= 11 is 1.45. The highest BCUT2D eigenvalue weighted by Gasteiger charge is 2.24. The molecule has 136 valence electrons. The van der Waals surface area contributed by atoms with Gasteiger partial charge in [0.2, 0.25) is 0 Å². The van der Waals surface area contributed by atoms with Gasteiger partial charge in [0.15, 0.2) is 0 Å². The molecular formula is C21H17NO4S. The third-order valence-electron chi connectivity index (χ3n) is 4.05. The molecule has 0 amide bonds. The number of rotatable bonds is 2. The molecule has 0 bridgehead atoms. The number of para-hydroxylation sites is 1. The second kappa shape index (κ2) is 6.32. The molecule has 0 saturated heterocycles. The molecule has 2 aromatic heterocycles. The van der Waals surface area contributed by atoms with Crippen LogP contribution in [-0.4, -0.2) is 11.0 Å². The van der Waals surface area contributed by atoms with Crippen molar-refractivity contribution in [2.24, 2.45) is 5.41 Å². The van der Waals surface area contributed by atoms with E-state index in [0.717, 1.165) is 15.6 Å². The summed E-state index contributed by atoms with van der Waals surface area (Å²) in [4.78, 5) is 29.1. The van der Waals surface area contributed by atoms with Gasteiger partial charge in [-0.15, -0.1) is 11.3 Å². The predicted molar refractivity (Wildman–Crippen MR) is 106 cm³/mol. The van der Waals surface area contributed by atoms with Crippen LogP contribution in [-0.2, 0) is 4.79 Å². The lowest BCUT2D eigenvalue weighted by atomic mass is 9.97. The van der Waals surface area contributed by atoms with Gasteiger partial charge >= 0.3 is 11.6 Å². The van der Waals surface area contributed by atoms with Gasteiger partial charge < -0.3 is 9.15 Å². The minimum absolute atomic E-state index is 0.346. The average Bonchev–Trinajstić information content (AvgIpc) is 3.04. The third-order valence-corrected chi connectivity index (χ3v) is 5.12. The van der Waals surface area contributed by atoms with E-state index >= 15 is 0 Å². The second-order valence-electron chi connectivity index (χ2n) is 7.27. The van der Waals surface area contributed by atoms with Gasteiger partial charge in [-0.05, 0) is 51.1 Å². The Bertz CT molecular complexity index is 1200. The number of carbonyl (C=O) groups excluding carboxylic acids is 1. The zero-order valence-corrected chi connectivity index (χ0v) is 15.9. The van der Waals surface area contributed by atoms with Crippen molar-refractivity contribution < 1.29 is 13.9 Å². The molecule has 27 heavy (non-hydrogen) atoms. The third kappa shape index (κ3) is 3.36. The van der Waals surface area contributed by atoms with Gasteiger partial charge in [-0.3, -0.25) is 4.79 Å². The van der Waals surface area contributed by atoms with Crippen LogP contribution >= 0.6 is 11.3 Å². The van der Waals surface area contributed by atoms with Crippen molar-refractivity contribution in [3.05, 3.63) is 59.0 Å². The lowest BCUT2D eigenvalue weighted by molar-refractivity contribution is -0.142. The number of carbonyl (C=O) groups is 1. The number of ether oxygens (including phenoxy) is 1. The van der Waals surface area contributed by atoms with Crippen LogP contribution in [0.1, 0.15) is 20.8 Å². The van der Waals surface area contributed by atoms with Crippen LogP contribution in [0.15, 0.2) is 57.7 Å². The van der Waals surface area contributed by atoms with Gasteiger partial charge in [0.1, 0.15) is 16.3 Å². The number of hydrogen-bond acceptors (Lipinski definition) is 6. The number of aromatic nitrogens is 1. The van der Waals surface area contributed by atoms with Crippen LogP contribution in [0, 0.1) is 5.41 Å². The first-order valence-corrected chi connectivity index (χ1v) is 9.29. The minimum atomic E-state index is -0.619. The van der Waals surface area contributed by atoms with Crippen LogP contribution in [0.2, 0.25) is 0 Å². The topological polar surface area (TPSA) is 69.4 Å². The van der Waals surface area contributed by atoms with E-state index in [1.807, 2.05) is 24.3 Å². The smallest absolute Gasteiger partial charge is 0.346 e. The van der Waals surface area contributed by atoms with Gasteiger partial charge in [0.05, 0.1) is 21.2 Å². The highest BCUT2D eigenvalue weighted by atomic mass is 32.1. The first kappa shape index (κ1) is 17.4. The maximum Gasteiger partial charge on any atom is 0.346 e. The number of hydrogen-bond donors (Lipinski definition) is 0. The summed E-state index contributed by atoms with van der Waals surface area (Å²) in [6.45, 7) is 5.34. The first-order chi connectivity index (χ1) is 12.8. The Hall–Kier alpha value is -2.99. The van der Waals surface area contributed by atoms with Crippen molar-refractivity contribution in [1.82, 2.24) is 4.98 Å². The number of esters is 1. The van der Waals surface area contributed by atoms with E-state index in [9.17, 15) is 9.59 Å². The highest BCUT2D eigenvalue weighted by molar-refractivity contribution is 7.21. The number of fused-ring (bicyclic) bond motifs is 2. The molecule has 6 heteroatoms. The lowest BCUT2D eigenvalue weighted by Crippen LogP contribution is -2.25. The molecule has 0 aliphatic carbocycles. The molecule has 2 aromatic carbocycles. The molecule has 0 atom stereocenters. The van der Waals surface area contributed by atoms with Crippen molar-refractivity contribution in [2.75, 3.05) is 0 Å². The van der Waals surface area contributed by atoms with Gasteiger partial charge in [-0.2, -0.15) is 0 Å². The quantitative estimate of drug-likeness (QED) is 0.278. The molecule has 0 unspecified atom stereocenters. The predicted octanol–water partition coefficient (Wildman–Crippen LogP) is 5.02. The summed E-state index contributed by atoms with van der Waals surface area (Å²) in [7, 11) is 0. The number of benzene rings is 2. The van der Waals surface area contributed by atoms with Gasteiger partial charge in [0, 0.05) is 11.5 Å². The number of nitrogens with zero attached hydrogens (tertiary/aromatic N) is 1. The van der Waals surface area contributed by atoms with E-state index in [-0.39, 0.29) is 5.97 Å². The van der Waals surface area contributed by atoms with E-state index in [1.165, 1.54) is 11.3 Å². The molecule has 5 nitrogen and oxygen atoms in total. The van der Waals surface area contributed by atoms with Crippen LogP contribution in [0.25, 0.3) is 31.8 Å². The van der Waals surface area contributed by atoms with Gasteiger partial charge in [-0.25, -0.2) is 9.78 Å². The lowest BCUT2D eigenvalue weighted by Gasteiger charge is -2.16. The fourth-order valence-electron chi connectivity index (χ4n) is 2.55. The molecule has 0 aliphatic heterocycles. The summed E-state index contributed by atoms with van der Waals surface area (Å²) in [6, 6.07) is 14.5. The van der Waals surface area contributed by atoms with Crippen LogP contribution in [0.4, 0.5) is 0 Å². The molecular weight excluding hydrogens is 362 g/mol. The molecule has 0 saturated carbocycles. The zero-order chi connectivity index (χ0) is 19.2. The van der Waals surface area contributed by atoms with Gasteiger partial charge in [0.25, 0.3) is 0 Å². The van der Waals surface area contributed by atoms with Gasteiger partial charge in [-0.1, -0.05) is 12.1 Å². The van der Waals surface area contributed by atoms with Crippen molar-refractivity contribution in [2.45, 2.75) is 20.8 Å². The fraction of sp³-hybridized carbons (Fsp3) is 0.190. The highest BCUT2D eigenvalue weighted by Crippen LogP contribution is 2.31.